The summed E-state index contributed by atoms with van der Waals surface area (Å²) >= 11 is 0. The van der Waals surface area contributed by atoms with E-state index in [1.807, 2.05) is 25.1 Å². The van der Waals surface area contributed by atoms with Crippen LogP contribution in [0.15, 0.2) is 71.8 Å². The molecule has 0 bridgehead atoms. The van der Waals surface area contributed by atoms with Crippen LogP contribution >= 0.6 is 0 Å². The molecule has 0 aliphatic carbocycles. The molecule has 0 saturated heterocycles. The number of methoxy groups -OCH3 is 1. The van der Waals surface area contributed by atoms with Gasteiger partial charge in [0.1, 0.15) is 0 Å². The summed E-state index contributed by atoms with van der Waals surface area (Å²) in [4.78, 5) is 36.7. The third kappa shape index (κ3) is 6.30. The number of esters is 1. The van der Waals surface area contributed by atoms with Gasteiger partial charge in [0, 0.05) is 11.3 Å². The van der Waals surface area contributed by atoms with E-state index in [9.17, 15) is 14.4 Å². The largest absolute Gasteiger partial charge is 0.493 e. The Morgan fingerprint density at radius 1 is 0.943 bits per heavy atom. The van der Waals surface area contributed by atoms with Crippen LogP contribution in [0.5, 0.6) is 11.5 Å². The average Bonchev–Trinajstić information content (AvgIpc) is 2.87. The number of hydrazone groups is 1. The highest BCUT2D eigenvalue weighted by Gasteiger charge is 2.16. The summed E-state index contributed by atoms with van der Waals surface area (Å²) < 4.78 is 10.8. The number of hydrogen-bond acceptors (Lipinski definition) is 7. The number of nitrogens with zero attached hydrogens (tertiary/aromatic N) is 2. The van der Waals surface area contributed by atoms with Crippen LogP contribution in [0.2, 0.25) is 0 Å². The molecule has 2 amide bonds. The Kier molecular flexibility index (Phi) is 7.93. The Bertz CT molecular complexity index is 1340. The minimum Gasteiger partial charge on any atom is -0.493 e. The van der Waals surface area contributed by atoms with Crippen LogP contribution < -0.4 is 20.2 Å². The van der Waals surface area contributed by atoms with Crippen LogP contribution in [0, 0.1) is 18.3 Å². The normalized spacial score (nSPS) is 10.6. The Labute approximate surface area is 202 Å². The number of hydrogen-bond donors (Lipinski definition) is 2. The van der Waals surface area contributed by atoms with Crippen LogP contribution in [0.25, 0.3) is 0 Å². The molecule has 0 saturated carbocycles. The van der Waals surface area contributed by atoms with Crippen LogP contribution in [-0.4, -0.2) is 30.6 Å². The second kappa shape index (κ2) is 11.2. The molecule has 0 atom stereocenters. The number of anilines is 1. The fraction of sp³-hybridized carbons (Fsp3) is 0.115. The molecule has 3 aromatic rings. The van der Waals surface area contributed by atoms with E-state index in [1.165, 1.54) is 31.4 Å². The van der Waals surface area contributed by atoms with Crippen molar-refractivity contribution in [1.29, 1.82) is 5.26 Å². The first-order chi connectivity index (χ1) is 16.8. The molecule has 9 heteroatoms. The summed E-state index contributed by atoms with van der Waals surface area (Å²) in [5.41, 5.74) is 5.18. The highest BCUT2D eigenvalue weighted by atomic mass is 16.6. The molecule has 0 heterocycles. The van der Waals surface area contributed by atoms with Crippen molar-refractivity contribution in [2.45, 2.75) is 13.8 Å². The van der Waals surface area contributed by atoms with Gasteiger partial charge in [-0.2, -0.15) is 10.4 Å². The molecular weight excluding hydrogens is 448 g/mol. The molecule has 0 fully saturated rings. The first-order valence-electron chi connectivity index (χ1n) is 10.4. The number of carbonyl (C=O) groups is 3. The van der Waals surface area contributed by atoms with Gasteiger partial charge < -0.3 is 14.8 Å². The molecule has 3 aromatic carbocycles. The van der Waals surface area contributed by atoms with E-state index in [4.69, 9.17) is 14.7 Å². The number of nitriles is 1. The van der Waals surface area contributed by atoms with Gasteiger partial charge >= 0.3 is 17.8 Å². The van der Waals surface area contributed by atoms with E-state index in [1.54, 1.807) is 37.3 Å². The van der Waals surface area contributed by atoms with Gasteiger partial charge in [0.2, 0.25) is 0 Å². The van der Waals surface area contributed by atoms with Gasteiger partial charge in [-0.3, -0.25) is 9.59 Å². The fourth-order valence-corrected chi connectivity index (χ4v) is 3.00. The van der Waals surface area contributed by atoms with Gasteiger partial charge in [-0.1, -0.05) is 18.2 Å². The molecular formula is C26H22N4O5. The van der Waals surface area contributed by atoms with Gasteiger partial charge in [-0.05, 0) is 67.9 Å². The van der Waals surface area contributed by atoms with Crippen molar-refractivity contribution in [3.63, 3.8) is 0 Å². The zero-order chi connectivity index (χ0) is 25.4. The Hall–Kier alpha value is -4.97. The molecule has 0 radical (unpaired) electrons. The van der Waals surface area contributed by atoms with E-state index in [0.29, 0.717) is 33.8 Å². The summed E-state index contributed by atoms with van der Waals surface area (Å²) in [6.07, 6.45) is 0. The smallest absolute Gasteiger partial charge is 0.343 e. The molecule has 9 nitrogen and oxygen atoms in total. The standard InChI is InChI=1S/C26H22N4O5/c1-16-6-4-5-7-21(16)26(33)35-22-13-10-19(14-23(22)34-3)17(2)29-30-25(32)24(31)28-20-11-8-18(15-27)9-12-20/h4-14H,1-3H3,(H,28,31)(H,30,32)/b29-17+. The molecule has 0 unspecified atom stereocenters. The number of amides is 2. The number of rotatable bonds is 6. The van der Waals surface area contributed by atoms with Gasteiger partial charge in [0.25, 0.3) is 0 Å². The lowest BCUT2D eigenvalue weighted by Gasteiger charge is -2.12. The van der Waals surface area contributed by atoms with Crippen LogP contribution in [0.3, 0.4) is 0 Å². The molecule has 0 spiro atoms. The summed E-state index contributed by atoms with van der Waals surface area (Å²) in [6, 6.07) is 19.9. The van der Waals surface area contributed by atoms with Crippen molar-refractivity contribution in [1.82, 2.24) is 5.43 Å². The first kappa shape index (κ1) is 24.7. The highest BCUT2D eigenvalue weighted by Crippen LogP contribution is 2.29. The van der Waals surface area contributed by atoms with E-state index >= 15 is 0 Å². The lowest BCUT2D eigenvalue weighted by Crippen LogP contribution is -2.32. The third-order valence-corrected chi connectivity index (χ3v) is 4.95. The van der Waals surface area contributed by atoms with E-state index < -0.39 is 17.8 Å². The molecule has 2 N–H and O–H groups in total. The van der Waals surface area contributed by atoms with E-state index in [2.05, 4.69) is 15.8 Å². The number of aryl methyl sites for hydroxylation is 1. The summed E-state index contributed by atoms with van der Waals surface area (Å²) in [5, 5.41) is 15.2. The Morgan fingerprint density at radius 3 is 2.31 bits per heavy atom. The molecule has 176 valence electrons. The SMILES string of the molecule is COc1cc(/C(C)=N/NC(=O)C(=O)Nc2ccc(C#N)cc2)ccc1OC(=O)c1ccccc1C. The monoisotopic (exact) mass is 470 g/mol. The highest BCUT2D eigenvalue weighted by molar-refractivity contribution is 6.39. The van der Waals surface area contributed by atoms with Gasteiger partial charge in [0.05, 0.1) is 30.0 Å². The maximum atomic E-state index is 12.5. The van der Waals surface area contributed by atoms with Crippen molar-refractivity contribution in [2.24, 2.45) is 5.10 Å². The number of carbonyl (C=O) groups excluding carboxylic acids is 3. The number of benzene rings is 3. The van der Waals surface area contributed by atoms with Crippen LogP contribution in [0.4, 0.5) is 5.69 Å². The third-order valence-electron chi connectivity index (χ3n) is 4.95. The lowest BCUT2D eigenvalue weighted by atomic mass is 10.1. The van der Waals surface area contributed by atoms with Crippen molar-refractivity contribution < 1.29 is 23.9 Å². The summed E-state index contributed by atoms with van der Waals surface area (Å²) in [7, 11) is 1.44. The molecule has 3 rings (SSSR count). The zero-order valence-electron chi connectivity index (χ0n) is 19.3. The lowest BCUT2D eigenvalue weighted by molar-refractivity contribution is -0.136. The van der Waals surface area contributed by atoms with Crippen molar-refractivity contribution in [3.05, 3.63) is 89.0 Å². The fourth-order valence-electron chi connectivity index (χ4n) is 3.00. The molecule has 0 aliphatic heterocycles. The topological polar surface area (TPSA) is 130 Å². The van der Waals surface area contributed by atoms with Gasteiger partial charge in [-0.15, -0.1) is 0 Å². The Morgan fingerprint density at radius 2 is 1.66 bits per heavy atom. The van der Waals surface area contributed by atoms with E-state index in [-0.39, 0.29) is 5.75 Å². The van der Waals surface area contributed by atoms with Crippen LogP contribution in [0.1, 0.15) is 34.0 Å². The maximum absolute atomic E-state index is 12.5. The summed E-state index contributed by atoms with van der Waals surface area (Å²) in [6.45, 7) is 3.45. The second-order valence-corrected chi connectivity index (χ2v) is 7.35. The quantitative estimate of drug-likeness (QED) is 0.186. The van der Waals surface area contributed by atoms with Crippen molar-refractivity contribution in [2.75, 3.05) is 12.4 Å². The molecule has 35 heavy (non-hydrogen) atoms. The maximum Gasteiger partial charge on any atom is 0.343 e. The first-order valence-corrected chi connectivity index (χ1v) is 10.4. The van der Waals surface area contributed by atoms with Gasteiger partial charge in [0.15, 0.2) is 11.5 Å². The van der Waals surface area contributed by atoms with Crippen LogP contribution in [-0.2, 0) is 9.59 Å². The van der Waals surface area contributed by atoms with Crippen molar-refractivity contribution in [3.8, 4) is 17.6 Å². The number of nitrogens with one attached hydrogen (secondary N) is 2. The zero-order valence-corrected chi connectivity index (χ0v) is 19.3. The second-order valence-electron chi connectivity index (χ2n) is 7.35. The Balaban J connectivity index is 1.66. The van der Waals surface area contributed by atoms with Crippen molar-refractivity contribution >= 4 is 29.2 Å². The predicted octanol–water partition coefficient (Wildman–Crippen LogP) is 3.57. The predicted molar refractivity (Wildman–Crippen MR) is 129 cm³/mol. The molecule has 0 aromatic heterocycles. The minimum absolute atomic E-state index is 0.225. The average molecular weight is 470 g/mol. The molecule has 0 aliphatic rings. The van der Waals surface area contributed by atoms with Gasteiger partial charge in [-0.25, -0.2) is 10.2 Å². The summed E-state index contributed by atoms with van der Waals surface area (Å²) in [5.74, 6) is -1.88. The minimum atomic E-state index is -0.968. The number of ether oxygens (including phenoxy) is 2. The van der Waals surface area contributed by atoms with E-state index in [0.717, 1.165) is 5.56 Å².